The molecule has 0 heterocycles. The van der Waals surface area contributed by atoms with Gasteiger partial charge in [-0.05, 0) is 50.0 Å². The number of aliphatic hydroxyl groups excluding tert-OH is 1. The first-order valence-corrected chi connectivity index (χ1v) is 4.68. The molecule has 0 fully saturated rings. The van der Waals surface area contributed by atoms with Gasteiger partial charge in [0.15, 0.2) is 0 Å². The zero-order chi connectivity index (χ0) is 9.42. The molecule has 2 rings (SSSR count). The smallest absolute Gasteiger partial charge is 0.119 e. The van der Waals surface area contributed by atoms with Crippen molar-refractivity contribution in [1.29, 1.82) is 0 Å². The third kappa shape index (κ3) is 2.23. The van der Waals surface area contributed by atoms with Crippen LogP contribution in [0.25, 0.3) is 5.76 Å². The minimum atomic E-state index is 0. The van der Waals surface area contributed by atoms with Gasteiger partial charge < -0.3 is 5.11 Å². The second kappa shape index (κ2) is 4.82. The molecule has 71 valence electrons. The average molecular weight is 401 g/mol. The van der Waals surface area contributed by atoms with Crippen LogP contribution in [0.15, 0.2) is 18.2 Å². The summed E-state index contributed by atoms with van der Waals surface area (Å²) < 4.78 is 0. The van der Waals surface area contributed by atoms with Gasteiger partial charge in [-0.15, -0.1) is 0 Å². The molecule has 1 N–H and O–H groups in total. The molecule has 0 saturated carbocycles. The Morgan fingerprint density at radius 2 is 1.93 bits per heavy atom. The number of hydrogen-bond donors (Lipinski definition) is 1. The summed E-state index contributed by atoms with van der Waals surface area (Å²) in [5.41, 5.74) is 4.86. The minimum absolute atomic E-state index is 0. The first-order valence-electron chi connectivity index (χ1n) is 4.68. The molecule has 0 aromatic heterocycles. The van der Waals surface area contributed by atoms with E-state index in [0.29, 0.717) is 5.76 Å². The molecule has 0 spiro atoms. The third-order valence-corrected chi connectivity index (χ3v) is 2.63. The SMILES string of the molecule is Cc1cc(C)c2c(c1)C(O)=CCC2.[Ac]. The van der Waals surface area contributed by atoms with E-state index in [0.717, 1.165) is 18.4 Å². The van der Waals surface area contributed by atoms with Crippen molar-refractivity contribution >= 4 is 5.76 Å². The molecule has 1 nitrogen and oxygen atoms in total. The summed E-state index contributed by atoms with van der Waals surface area (Å²) in [7, 11) is 0. The standard InChI is InChI=1S/C12H14O.Ac/c1-8-6-9(2)10-4-3-5-12(13)11(10)7-8;/h5-7,13H,3-4H2,1-2H3;. The van der Waals surface area contributed by atoms with E-state index in [1.54, 1.807) is 0 Å². The molecule has 1 aromatic carbocycles. The molecule has 0 saturated heterocycles. The number of rotatable bonds is 0. The van der Waals surface area contributed by atoms with Crippen molar-refractivity contribution < 1.29 is 49.2 Å². The van der Waals surface area contributed by atoms with Gasteiger partial charge in [0.1, 0.15) is 5.76 Å². The van der Waals surface area contributed by atoms with Crippen molar-refractivity contribution in [3.05, 3.63) is 40.5 Å². The number of benzene rings is 1. The maximum absolute atomic E-state index is 9.67. The maximum atomic E-state index is 9.67. The average Bonchev–Trinajstić information content (AvgIpc) is 2.07. The number of fused-ring (bicyclic) bond motifs is 1. The van der Waals surface area contributed by atoms with Crippen LogP contribution in [0.5, 0.6) is 0 Å². The fourth-order valence-electron chi connectivity index (χ4n) is 2.02. The zero-order valence-electron chi connectivity index (χ0n) is 8.67. The molecule has 1 aliphatic rings. The summed E-state index contributed by atoms with van der Waals surface area (Å²) in [6, 6.07) is 4.24. The first-order chi connectivity index (χ1) is 6.18. The Morgan fingerprint density at radius 3 is 2.64 bits per heavy atom. The van der Waals surface area contributed by atoms with E-state index in [9.17, 15) is 5.11 Å². The second-order valence-corrected chi connectivity index (χ2v) is 3.74. The monoisotopic (exact) mass is 401 g/mol. The Kier molecular flexibility index (Phi) is 4.22. The van der Waals surface area contributed by atoms with Crippen LogP contribution < -0.4 is 0 Å². The summed E-state index contributed by atoms with van der Waals surface area (Å²) in [5, 5.41) is 9.67. The van der Waals surface area contributed by atoms with E-state index in [-0.39, 0.29) is 44.1 Å². The topological polar surface area (TPSA) is 20.2 Å². The van der Waals surface area contributed by atoms with Gasteiger partial charge in [-0.2, -0.15) is 0 Å². The van der Waals surface area contributed by atoms with Crippen LogP contribution in [0.4, 0.5) is 0 Å². The predicted molar refractivity (Wildman–Crippen MR) is 54.8 cm³/mol. The van der Waals surface area contributed by atoms with Gasteiger partial charge in [0.2, 0.25) is 0 Å². The molecule has 14 heavy (non-hydrogen) atoms. The van der Waals surface area contributed by atoms with E-state index in [4.69, 9.17) is 0 Å². The molecule has 2 heteroatoms. The number of aryl methyl sites for hydroxylation is 2. The van der Waals surface area contributed by atoms with Crippen LogP contribution in [0.1, 0.15) is 28.7 Å². The number of hydrogen-bond acceptors (Lipinski definition) is 1. The molecule has 0 bridgehead atoms. The van der Waals surface area contributed by atoms with E-state index in [1.165, 1.54) is 16.7 Å². The predicted octanol–water partition coefficient (Wildman–Crippen LogP) is 3.15. The Hall–Kier alpha value is 0.202. The molecule has 1 aromatic rings. The van der Waals surface area contributed by atoms with Crippen molar-refractivity contribution in [3.63, 3.8) is 0 Å². The summed E-state index contributed by atoms with van der Waals surface area (Å²) in [5.74, 6) is 0.452. The molecule has 0 aliphatic heterocycles. The van der Waals surface area contributed by atoms with Gasteiger partial charge in [0, 0.05) is 49.6 Å². The minimum Gasteiger partial charge on any atom is -0.508 e. The zero-order valence-corrected chi connectivity index (χ0v) is 13.4. The van der Waals surface area contributed by atoms with Gasteiger partial charge in [-0.1, -0.05) is 11.6 Å². The van der Waals surface area contributed by atoms with Gasteiger partial charge in [-0.3, -0.25) is 0 Å². The van der Waals surface area contributed by atoms with E-state index < -0.39 is 0 Å². The van der Waals surface area contributed by atoms with Crippen molar-refractivity contribution in [3.8, 4) is 0 Å². The summed E-state index contributed by atoms with van der Waals surface area (Å²) >= 11 is 0. The largest absolute Gasteiger partial charge is 0.508 e. The van der Waals surface area contributed by atoms with Crippen LogP contribution in [0.2, 0.25) is 0 Å². The Bertz CT molecular complexity index is 380. The van der Waals surface area contributed by atoms with Gasteiger partial charge in [0.25, 0.3) is 0 Å². The molecule has 1 radical (unpaired) electrons. The fraction of sp³-hybridized carbons (Fsp3) is 0.333. The van der Waals surface area contributed by atoms with Crippen molar-refractivity contribution in [2.45, 2.75) is 26.7 Å². The van der Waals surface area contributed by atoms with Crippen molar-refractivity contribution in [1.82, 2.24) is 0 Å². The summed E-state index contributed by atoms with van der Waals surface area (Å²) in [6.45, 7) is 4.18. The Labute approximate surface area is 121 Å². The number of aliphatic hydroxyl groups is 1. The van der Waals surface area contributed by atoms with Crippen molar-refractivity contribution in [2.75, 3.05) is 0 Å². The Morgan fingerprint density at radius 1 is 1.21 bits per heavy atom. The molecule has 0 amide bonds. The van der Waals surface area contributed by atoms with Crippen LogP contribution in [0, 0.1) is 57.9 Å². The molecule has 0 atom stereocenters. The number of allylic oxidation sites excluding steroid dienone is 1. The molecular weight excluding hydrogens is 387 g/mol. The third-order valence-electron chi connectivity index (χ3n) is 2.63. The van der Waals surface area contributed by atoms with Gasteiger partial charge in [-0.25, -0.2) is 0 Å². The molecule has 0 unspecified atom stereocenters. The normalized spacial score (nSPS) is 14.0. The maximum Gasteiger partial charge on any atom is 0.119 e. The van der Waals surface area contributed by atoms with E-state index in [1.807, 2.05) is 6.08 Å². The van der Waals surface area contributed by atoms with E-state index in [2.05, 4.69) is 26.0 Å². The van der Waals surface area contributed by atoms with Crippen molar-refractivity contribution in [2.24, 2.45) is 0 Å². The molecule has 1 aliphatic carbocycles. The van der Waals surface area contributed by atoms with E-state index >= 15 is 0 Å². The van der Waals surface area contributed by atoms with Crippen LogP contribution in [-0.4, -0.2) is 5.11 Å². The van der Waals surface area contributed by atoms with Crippen LogP contribution >= 0.6 is 0 Å². The first kappa shape index (κ1) is 12.3. The Balaban J connectivity index is 0.000000980. The van der Waals surface area contributed by atoms with Crippen LogP contribution in [-0.2, 0) is 6.42 Å². The van der Waals surface area contributed by atoms with Gasteiger partial charge >= 0.3 is 0 Å². The quantitative estimate of drug-likeness (QED) is 0.709. The van der Waals surface area contributed by atoms with Crippen LogP contribution in [0.3, 0.4) is 0 Å². The summed E-state index contributed by atoms with van der Waals surface area (Å²) in [4.78, 5) is 0. The van der Waals surface area contributed by atoms with Gasteiger partial charge in [0.05, 0.1) is 0 Å². The second-order valence-electron chi connectivity index (χ2n) is 3.74. The summed E-state index contributed by atoms with van der Waals surface area (Å²) in [6.07, 6.45) is 3.93. The molecular formula is C12H14AcO. The fourth-order valence-corrected chi connectivity index (χ4v) is 2.02.